The van der Waals surface area contributed by atoms with E-state index in [9.17, 15) is 0 Å². The Balaban J connectivity index is 2.95. The second-order valence-electron chi connectivity index (χ2n) is 3.99. The van der Waals surface area contributed by atoms with Gasteiger partial charge < -0.3 is 4.90 Å². The molecule has 14 heavy (non-hydrogen) atoms. The molecule has 0 atom stereocenters. The summed E-state index contributed by atoms with van der Waals surface area (Å²) in [6.45, 7) is 3.33. The third-order valence-corrected chi connectivity index (χ3v) is 2.81. The summed E-state index contributed by atoms with van der Waals surface area (Å²) in [5, 5.41) is 0. The van der Waals surface area contributed by atoms with E-state index in [1.807, 2.05) is 11.9 Å². The first-order valence-corrected chi connectivity index (χ1v) is 6.31. The second-order valence-corrected chi connectivity index (χ2v) is 4.17. The Morgan fingerprint density at radius 2 is 1.43 bits per heavy atom. The number of hydrogen-bond donors (Lipinski definition) is 0. The molecular formula is C12H24NS. The summed E-state index contributed by atoms with van der Waals surface area (Å²) in [6.07, 6.45) is 11.0. The van der Waals surface area contributed by atoms with Crippen molar-refractivity contribution in [2.75, 3.05) is 13.6 Å². The molecule has 0 spiro atoms. The SMILES string of the molecule is CCCCCCCCCCN(C)[C]=S. The maximum Gasteiger partial charge on any atom is 0.136 e. The lowest BCUT2D eigenvalue weighted by molar-refractivity contribution is 0.479. The van der Waals surface area contributed by atoms with Crippen molar-refractivity contribution in [3.05, 3.63) is 0 Å². The van der Waals surface area contributed by atoms with E-state index >= 15 is 0 Å². The normalized spacial score (nSPS) is 10.1. The van der Waals surface area contributed by atoms with Gasteiger partial charge in [0.1, 0.15) is 5.49 Å². The van der Waals surface area contributed by atoms with Crippen molar-refractivity contribution >= 4 is 17.7 Å². The van der Waals surface area contributed by atoms with Gasteiger partial charge in [-0.1, -0.05) is 64.1 Å². The third-order valence-electron chi connectivity index (χ3n) is 2.50. The summed E-state index contributed by atoms with van der Waals surface area (Å²) >= 11 is 4.70. The number of rotatable bonds is 10. The van der Waals surface area contributed by atoms with Crippen molar-refractivity contribution in [2.24, 2.45) is 0 Å². The number of thiocarbonyl (C=S) groups is 1. The van der Waals surface area contributed by atoms with Crippen LogP contribution < -0.4 is 0 Å². The lowest BCUT2D eigenvalue weighted by atomic mass is 10.1. The summed E-state index contributed by atoms with van der Waals surface area (Å²) in [5.74, 6) is 0. The molecule has 0 rings (SSSR count). The topological polar surface area (TPSA) is 3.24 Å². The van der Waals surface area contributed by atoms with Crippen LogP contribution in [0.5, 0.6) is 0 Å². The van der Waals surface area contributed by atoms with Crippen LogP contribution in [-0.2, 0) is 0 Å². The highest BCUT2D eigenvalue weighted by Gasteiger charge is 1.93. The zero-order chi connectivity index (χ0) is 10.6. The zero-order valence-corrected chi connectivity index (χ0v) is 10.5. The predicted molar refractivity (Wildman–Crippen MR) is 67.8 cm³/mol. The summed E-state index contributed by atoms with van der Waals surface area (Å²) in [5.41, 5.74) is 2.70. The molecule has 0 bridgehead atoms. The Hall–Kier alpha value is -0.110. The molecule has 0 unspecified atom stereocenters. The van der Waals surface area contributed by atoms with Crippen LogP contribution in [0.1, 0.15) is 58.3 Å². The maximum atomic E-state index is 4.70. The van der Waals surface area contributed by atoms with Gasteiger partial charge in [-0.15, -0.1) is 0 Å². The first kappa shape index (κ1) is 13.9. The van der Waals surface area contributed by atoms with Gasteiger partial charge in [-0.3, -0.25) is 0 Å². The highest BCUT2D eigenvalue weighted by atomic mass is 32.1. The molecule has 0 N–H and O–H groups in total. The van der Waals surface area contributed by atoms with Gasteiger partial charge in [0.15, 0.2) is 0 Å². The average Bonchev–Trinajstić information content (AvgIpc) is 2.21. The van der Waals surface area contributed by atoms with Crippen molar-refractivity contribution in [1.29, 1.82) is 0 Å². The molecule has 0 heterocycles. The minimum atomic E-state index is 1.07. The minimum absolute atomic E-state index is 1.07. The van der Waals surface area contributed by atoms with Crippen LogP contribution in [0.2, 0.25) is 0 Å². The molecule has 0 aromatic heterocycles. The van der Waals surface area contributed by atoms with Crippen LogP contribution in [0.3, 0.4) is 0 Å². The molecule has 0 amide bonds. The molecule has 0 aromatic rings. The van der Waals surface area contributed by atoms with Crippen molar-refractivity contribution in [3.63, 3.8) is 0 Å². The van der Waals surface area contributed by atoms with Crippen LogP contribution in [-0.4, -0.2) is 24.0 Å². The van der Waals surface area contributed by atoms with E-state index in [0.29, 0.717) is 0 Å². The Labute approximate surface area is 94.9 Å². The van der Waals surface area contributed by atoms with Crippen LogP contribution in [0.25, 0.3) is 0 Å². The van der Waals surface area contributed by atoms with Crippen molar-refractivity contribution in [2.45, 2.75) is 58.3 Å². The van der Waals surface area contributed by atoms with Crippen molar-refractivity contribution in [1.82, 2.24) is 4.90 Å². The maximum absolute atomic E-state index is 4.70. The standard InChI is InChI=1S/C12H24NS/c1-3-4-5-6-7-8-9-10-11-13(2)12-14/h3-11H2,1-2H3. The number of unbranched alkanes of at least 4 members (excludes halogenated alkanes) is 7. The first-order valence-electron chi connectivity index (χ1n) is 5.90. The minimum Gasteiger partial charge on any atom is -0.363 e. The third kappa shape index (κ3) is 9.97. The molecule has 1 radical (unpaired) electrons. The molecule has 0 saturated carbocycles. The van der Waals surface area contributed by atoms with Crippen LogP contribution >= 0.6 is 12.2 Å². The molecule has 0 aliphatic rings. The van der Waals surface area contributed by atoms with Crippen molar-refractivity contribution in [3.8, 4) is 0 Å². The Kier molecular flexibility index (Phi) is 10.9. The lowest BCUT2D eigenvalue weighted by Crippen LogP contribution is -2.15. The average molecular weight is 214 g/mol. The van der Waals surface area contributed by atoms with Gasteiger partial charge in [0.25, 0.3) is 0 Å². The molecule has 0 aromatic carbocycles. The molecular weight excluding hydrogens is 190 g/mol. The molecule has 0 saturated heterocycles. The molecule has 0 aliphatic carbocycles. The summed E-state index contributed by atoms with van der Waals surface area (Å²) in [7, 11) is 1.99. The van der Waals surface area contributed by atoms with Crippen LogP contribution in [0.15, 0.2) is 0 Å². The first-order chi connectivity index (χ1) is 6.81. The zero-order valence-electron chi connectivity index (χ0n) is 9.72. The van der Waals surface area contributed by atoms with Gasteiger partial charge in [-0.25, -0.2) is 0 Å². The molecule has 2 heteroatoms. The van der Waals surface area contributed by atoms with E-state index in [2.05, 4.69) is 12.4 Å². The van der Waals surface area contributed by atoms with E-state index < -0.39 is 0 Å². The van der Waals surface area contributed by atoms with Crippen LogP contribution in [0.4, 0.5) is 0 Å². The molecule has 0 fully saturated rings. The van der Waals surface area contributed by atoms with E-state index in [1.54, 1.807) is 0 Å². The Bertz CT molecular complexity index is 125. The number of nitrogens with zero attached hydrogens (tertiary/aromatic N) is 1. The lowest BCUT2D eigenvalue weighted by Gasteiger charge is -2.10. The quantitative estimate of drug-likeness (QED) is 0.308. The monoisotopic (exact) mass is 214 g/mol. The summed E-state index contributed by atoms with van der Waals surface area (Å²) in [6, 6.07) is 0. The van der Waals surface area contributed by atoms with Crippen LogP contribution in [0, 0.1) is 0 Å². The largest absolute Gasteiger partial charge is 0.363 e. The van der Waals surface area contributed by atoms with Gasteiger partial charge in [0.2, 0.25) is 0 Å². The predicted octanol–water partition coefficient (Wildman–Crippen LogP) is 3.89. The van der Waals surface area contributed by atoms with Gasteiger partial charge >= 0.3 is 0 Å². The fourth-order valence-electron chi connectivity index (χ4n) is 1.53. The highest BCUT2D eigenvalue weighted by molar-refractivity contribution is 7.78. The molecule has 83 valence electrons. The van der Waals surface area contributed by atoms with E-state index in [-0.39, 0.29) is 0 Å². The number of hydrogen-bond acceptors (Lipinski definition) is 1. The van der Waals surface area contributed by atoms with Gasteiger partial charge in [0.05, 0.1) is 0 Å². The van der Waals surface area contributed by atoms with Gasteiger partial charge in [0, 0.05) is 13.6 Å². The van der Waals surface area contributed by atoms with Gasteiger partial charge in [-0.2, -0.15) is 0 Å². The smallest absolute Gasteiger partial charge is 0.136 e. The highest BCUT2D eigenvalue weighted by Crippen LogP contribution is 2.08. The fourth-order valence-corrected chi connectivity index (χ4v) is 1.62. The summed E-state index contributed by atoms with van der Waals surface area (Å²) < 4.78 is 0. The van der Waals surface area contributed by atoms with Gasteiger partial charge in [-0.05, 0) is 6.42 Å². The second kappa shape index (κ2) is 11.0. The van der Waals surface area contributed by atoms with Crippen molar-refractivity contribution < 1.29 is 0 Å². The van der Waals surface area contributed by atoms with E-state index in [1.165, 1.54) is 51.4 Å². The Morgan fingerprint density at radius 1 is 0.929 bits per heavy atom. The Morgan fingerprint density at radius 3 is 1.93 bits per heavy atom. The van der Waals surface area contributed by atoms with E-state index in [0.717, 1.165) is 6.54 Å². The molecule has 1 nitrogen and oxygen atoms in total. The fraction of sp³-hybridized carbons (Fsp3) is 0.917. The summed E-state index contributed by atoms with van der Waals surface area (Å²) in [4.78, 5) is 1.96. The van der Waals surface area contributed by atoms with E-state index in [4.69, 9.17) is 12.2 Å². The molecule has 0 aliphatic heterocycles.